The van der Waals surface area contributed by atoms with E-state index < -0.39 is 22.7 Å². The van der Waals surface area contributed by atoms with Gasteiger partial charge in [-0.25, -0.2) is 18.4 Å². The number of ether oxygens (including phenoxy) is 2. The number of anilines is 4. The van der Waals surface area contributed by atoms with Gasteiger partial charge in [-0.15, -0.1) is 0 Å². The van der Waals surface area contributed by atoms with Crippen molar-refractivity contribution in [2.45, 2.75) is 44.0 Å². The number of pyridine rings is 2. The standard InChI is InChI=1S/C29H38F3N9O4S/c1-46(42,43)38-21-14-24-25(33-16-21)15-26(41-10-12-44-13-11-41)37-27(24)45-23-4-2-20(3-5-23)36-28-34-17-22(18-35-28)40-8-6-39(7-9-40)19-29(30,31)32/h14-18,20,23,38H,2-13,19H2,1H3,(H,34,35,36). The van der Waals surface area contributed by atoms with Crippen LogP contribution in [0.1, 0.15) is 25.7 Å². The summed E-state index contributed by atoms with van der Waals surface area (Å²) in [6, 6.07) is 3.73. The van der Waals surface area contributed by atoms with E-state index in [4.69, 9.17) is 14.5 Å². The first-order valence-corrected chi connectivity index (χ1v) is 17.3. The normalized spacial score (nSPS) is 21.7. The van der Waals surface area contributed by atoms with Crippen molar-refractivity contribution in [2.24, 2.45) is 0 Å². The molecule has 250 valence electrons. The summed E-state index contributed by atoms with van der Waals surface area (Å²) >= 11 is 0. The van der Waals surface area contributed by atoms with Crippen molar-refractivity contribution in [1.82, 2.24) is 24.8 Å². The van der Waals surface area contributed by atoms with Crippen LogP contribution < -0.4 is 24.6 Å². The van der Waals surface area contributed by atoms with Crippen molar-refractivity contribution in [3.63, 3.8) is 0 Å². The Morgan fingerprint density at radius 2 is 1.63 bits per heavy atom. The highest BCUT2D eigenvalue weighted by Gasteiger charge is 2.32. The summed E-state index contributed by atoms with van der Waals surface area (Å²) < 4.78 is 76.2. The number of rotatable bonds is 9. The van der Waals surface area contributed by atoms with Gasteiger partial charge in [0.05, 0.1) is 66.9 Å². The molecule has 17 heteroatoms. The third-order valence-corrected chi connectivity index (χ3v) is 8.94. The molecule has 13 nitrogen and oxygen atoms in total. The van der Waals surface area contributed by atoms with E-state index in [0.717, 1.165) is 43.4 Å². The first-order chi connectivity index (χ1) is 22.0. The van der Waals surface area contributed by atoms with Gasteiger partial charge in [0.2, 0.25) is 21.9 Å². The summed E-state index contributed by atoms with van der Waals surface area (Å²) in [5, 5.41) is 4.03. The average Bonchev–Trinajstić information content (AvgIpc) is 3.02. The molecule has 0 atom stereocenters. The molecule has 1 saturated carbocycles. The minimum absolute atomic E-state index is 0.0977. The largest absolute Gasteiger partial charge is 0.474 e. The Morgan fingerprint density at radius 1 is 0.935 bits per heavy atom. The van der Waals surface area contributed by atoms with Crippen LogP contribution in [0.2, 0.25) is 0 Å². The number of hydrogen-bond donors (Lipinski definition) is 2. The van der Waals surface area contributed by atoms with Crippen molar-refractivity contribution < 1.29 is 31.1 Å². The molecule has 0 bridgehead atoms. The Hall–Kier alpha value is -3.70. The van der Waals surface area contributed by atoms with Crippen LogP contribution >= 0.6 is 0 Å². The second-order valence-corrected chi connectivity index (χ2v) is 13.7. The van der Waals surface area contributed by atoms with Crippen LogP contribution in [0.4, 0.5) is 36.3 Å². The molecule has 3 aromatic rings. The van der Waals surface area contributed by atoms with E-state index in [-0.39, 0.29) is 12.1 Å². The molecule has 3 aromatic heterocycles. The van der Waals surface area contributed by atoms with E-state index in [1.807, 2.05) is 11.0 Å². The molecule has 6 rings (SSSR count). The van der Waals surface area contributed by atoms with Crippen molar-refractivity contribution in [3.05, 3.63) is 30.7 Å². The highest BCUT2D eigenvalue weighted by Crippen LogP contribution is 2.33. The maximum Gasteiger partial charge on any atom is 0.401 e. The lowest BCUT2D eigenvalue weighted by Gasteiger charge is -2.36. The number of nitrogens with zero attached hydrogens (tertiary/aromatic N) is 7. The Labute approximate surface area is 265 Å². The minimum atomic E-state index is -4.19. The summed E-state index contributed by atoms with van der Waals surface area (Å²) in [5.74, 6) is 1.66. The Balaban J connectivity index is 1.06. The predicted octanol–water partition coefficient (Wildman–Crippen LogP) is 3.11. The van der Waals surface area contributed by atoms with Crippen molar-refractivity contribution in [2.75, 3.05) is 85.1 Å². The van der Waals surface area contributed by atoms with Crippen LogP contribution in [-0.2, 0) is 14.8 Å². The van der Waals surface area contributed by atoms with E-state index in [0.29, 0.717) is 80.9 Å². The molecular formula is C29H38F3N9O4S. The number of hydrogen-bond acceptors (Lipinski definition) is 12. The number of fused-ring (bicyclic) bond motifs is 1. The number of alkyl halides is 3. The van der Waals surface area contributed by atoms with Gasteiger partial charge >= 0.3 is 6.18 Å². The van der Waals surface area contributed by atoms with Gasteiger partial charge in [0, 0.05) is 51.4 Å². The molecular weight excluding hydrogens is 627 g/mol. The maximum absolute atomic E-state index is 12.7. The van der Waals surface area contributed by atoms with Crippen LogP contribution in [-0.4, -0.2) is 117 Å². The van der Waals surface area contributed by atoms with Crippen LogP contribution in [0, 0.1) is 0 Å². The zero-order valence-electron chi connectivity index (χ0n) is 25.5. The van der Waals surface area contributed by atoms with Crippen LogP contribution in [0.3, 0.4) is 0 Å². The summed E-state index contributed by atoms with van der Waals surface area (Å²) in [7, 11) is -3.49. The lowest BCUT2D eigenvalue weighted by Crippen LogP contribution is -2.49. The number of piperazine rings is 1. The molecule has 2 N–H and O–H groups in total. The molecule has 3 fully saturated rings. The van der Waals surface area contributed by atoms with Gasteiger partial charge in [-0.05, 0) is 31.7 Å². The molecule has 0 aromatic carbocycles. The predicted molar refractivity (Wildman–Crippen MR) is 168 cm³/mol. The first kappa shape index (κ1) is 32.2. The van der Waals surface area contributed by atoms with E-state index >= 15 is 0 Å². The molecule has 0 radical (unpaired) electrons. The zero-order chi connectivity index (χ0) is 32.3. The molecule has 2 saturated heterocycles. The summed E-state index contributed by atoms with van der Waals surface area (Å²) in [6.45, 7) is 3.36. The molecule has 1 aliphatic carbocycles. The van der Waals surface area contributed by atoms with Gasteiger partial charge in [0.1, 0.15) is 11.9 Å². The second-order valence-electron chi connectivity index (χ2n) is 11.9. The molecule has 3 aliphatic rings. The quantitative estimate of drug-likeness (QED) is 0.348. The van der Waals surface area contributed by atoms with Crippen molar-refractivity contribution >= 4 is 44.1 Å². The first-order valence-electron chi connectivity index (χ1n) is 15.4. The van der Waals surface area contributed by atoms with Gasteiger partial charge in [-0.2, -0.15) is 18.2 Å². The Kier molecular flexibility index (Phi) is 9.52. The summed E-state index contributed by atoms with van der Waals surface area (Å²) in [4.78, 5) is 23.8. The van der Waals surface area contributed by atoms with E-state index in [1.54, 1.807) is 18.5 Å². The second kappa shape index (κ2) is 13.6. The van der Waals surface area contributed by atoms with Crippen molar-refractivity contribution in [3.8, 4) is 5.88 Å². The fourth-order valence-corrected chi connectivity index (χ4v) is 6.58. The Morgan fingerprint density at radius 3 is 2.28 bits per heavy atom. The molecule has 0 amide bonds. The van der Waals surface area contributed by atoms with Gasteiger partial charge in [-0.1, -0.05) is 0 Å². The minimum Gasteiger partial charge on any atom is -0.474 e. The topological polar surface area (TPSA) is 138 Å². The lowest BCUT2D eigenvalue weighted by atomic mass is 9.93. The third kappa shape index (κ3) is 8.55. The number of nitrogens with one attached hydrogen (secondary N) is 2. The fourth-order valence-electron chi connectivity index (χ4n) is 6.04. The molecule has 0 unspecified atom stereocenters. The van der Waals surface area contributed by atoms with E-state index in [9.17, 15) is 21.6 Å². The van der Waals surface area contributed by atoms with Crippen LogP contribution in [0.15, 0.2) is 30.7 Å². The van der Waals surface area contributed by atoms with Crippen LogP contribution in [0.5, 0.6) is 5.88 Å². The van der Waals surface area contributed by atoms with Crippen molar-refractivity contribution in [1.29, 1.82) is 0 Å². The average molecular weight is 666 g/mol. The highest BCUT2D eigenvalue weighted by atomic mass is 32.2. The van der Waals surface area contributed by atoms with Gasteiger partial charge < -0.3 is 24.6 Å². The summed E-state index contributed by atoms with van der Waals surface area (Å²) in [5.41, 5.74) is 1.78. The maximum atomic E-state index is 12.7. The lowest BCUT2D eigenvalue weighted by molar-refractivity contribution is -0.146. The molecule has 46 heavy (non-hydrogen) atoms. The van der Waals surface area contributed by atoms with E-state index in [1.165, 1.54) is 11.1 Å². The monoisotopic (exact) mass is 665 g/mol. The van der Waals surface area contributed by atoms with Gasteiger partial charge in [0.25, 0.3) is 0 Å². The molecule has 2 aliphatic heterocycles. The number of halogens is 3. The van der Waals surface area contributed by atoms with Gasteiger partial charge in [-0.3, -0.25) is 14.6 Å². The number of aromatic nitrogens is 4. The summed E-state index contributed by atoms with van der Waals surface area (Å²) in [6.07, 6.45) is 4.87. The van der Waals surface area contributed by atoms with Gasteiger partial charge in [0.15, 0.2) is 0 Å². The van der Waals surface area contributed by atoms with Crippen LogP contribution in [0.25, 0.3) is 10.9 Å². The molecule has 5 heterocycles. The third-order valence-electron chi connectivity index (χ3n) is 8.33. The number of sulfonamides is 1. The highest BCUT2D eigenvalue weighted by molar-refractivity contribution is 7.92. The zero-order valence-corrected chi connectivity index (χ0v) is 26.4. The molecule has 0 spiro atoms. The fraction of sp³-hybridized carbons (Fsp3) is 0.586. The Bertz CT molecular complexity index is 1590. The smallest absolute Gasteiger partial charge is 0.401 e. The number of morpholine rings is 1. The van der Waals surface area contributed by atoms with E-state index in [2.05, 4.69) is 29.9 Å². The SMILES string of the molecule is CS(=O)(=O)Nc1cnc2cc(N3CCOCC3)nc(OC3CCC(Nc4ncc(N5CCN(CC(F)(F)F)CC5)cn4)CC3)c2c1.